The lowest BCUT2D eigenvalue weighted by Gasteiger charge is -2.26. The van der Waals surface area contributed by atoms with E-state index in [-0.39, 0.29) is 25.0 Å². The number of hydrogen-bond acceptors (Lipinski definition) is 3. The molecule has 3 N–H and O–H groups in total. The standard InChI is InChI=1S/C18H22FN3O3/c1-2-25-17(23)14-9-20-18(24)21-16(14)11-22(13-7-8-13)10-12-5-3-4-6-15(12)19/h3-6,13H,2,7-11H2,1H3,(H2,20,21,24)/p+1. The van der Waals surface area contributed by atoms with Gasteiger partial charge in [0.15, 0.2) is 0 Å². The fraction of sp³-hybridized carbons (Fsp3) is 0.444. The Hall–Kier alpha value is -2.41. The van der Waals surface area contributed by atoms with Crippen LogP contribution in [0.5, 0.6) is 0 Å². The number of carbonyl (C=O) groups excluding carboxylic acids is 2. The monoisotopic (exact) mass is 348 g/mol. The van der Waals surface area contributed by atoms with Crippen molar-refractivity contribution >= 4 is 12.0 Å². The van der Waals surface area contributed by atoms with Crippen molar-refractivity contribution in [2.75, 3.05) is 19.7 Å². The van der Waals surface area contributed by atoms with Crippen LogP contribution in [0.25, 0.3) is 0 Å². The van der Waals surface area contributed by atoms with Crippen molar-refractivity contribution in [2.45, 2.75) is 32.4 Å². The molecule has 1 aliphatic heterocycles. The summed E-state index contributed by atoms with van der Waals surface area (Å²) in [5.74, 6) is -0.652. The molecule has 0 spiro atoms. The normalized spacial score (nSPS) is 18.4. The van der Waals surface area contributed by atoms with Crippen molar-refractivity contribution < 1.29 is 23.6 Å². The van der Waals surface area contributed by atoms with E-state index >= 15 is 0 Å². The van der Waals surface area contributed by atoms with Crippen LogP contribution in [0.4, 0.5) is 9.18 Å². The molecule has 1 saturated carbocycles. The van der Waals surface area contributed by atoms with Gasteiger partial charge in [-0.3, -0.25) is 0 Å². The third-order valence-electron chi connectivity index (χ3n) is 4.51. The van der Waals surface area contributed by atoms with Crippen molar-refractivity contribution in [1.29, 1.82) is 0 Å². The number of urea groups is 1. The summed E-state index contributed by atoms with van der Waals surface area (Å²) in [6.07, 6.45) is 2.13. The first-order valence-corrected chi connectivity index (χ1v) is 8.60. The minimum absolute atomic E-state index is 0.150. The average Bonchev–Trinajstić information content (AvgIpc) is 3.41. The van der Waals surface area contributed by atoms with Crippen LogP contribution in [-0.4, -0.2) is 37.7 Å². The number of benzene rings is 1. The largest absolute Gasteiger partial charge is 0.463 e. The number of hydrogen-bond donors (Lipinski definition) is 3. The van der Waals surface area contributed by atoms with E-state index in [2.05, 4.69) is 10.6 Å². The lowest BCUT2D eigenvalue weighted by atomic mass is 10.1. The molecule has 0 saturated heterocycles. The quantitative estimate of drug-likeness (QED) is 0.629. The summed E-state index contributed by atoms with van der Waals surface area (Å²) in [6.45, 7) is 3.14. The zero-order valence-corrected chi connectivity index (χ0v) is 14.2. The van der Waals surface area contributed by atoms with Gasteiger partial charge in [0.1, 0.15) is 18.9 Å². The number of quaternary nitrogens is 1. The summed E-state index contributed by atoms with van der Waals surface area (Å²) in [6, 6.07) is 6.81. The fourth-order valence-electron chi connectivity index (χ4n) is 3.05. The number of halogens is 1. The number of esters is 1. The molecule has 0 radical (unpaired) electrons. The zero-order valence-electron chi connectivity index (χ0n) is 14.2. The lowest BCUT2D eigenvalue weighted by Crippen LogP contribution is -3.12. The number of rotatable bonds is 7. The molecule has 1 atom stereocenters. The zero-order chi connectivity index (χ0) is 17.8. The Morgan fingerprint density at radius 1 is 1.32 bits per heavy atom. The van der Waals surface area contributed by atoms with Crippen LogP contribution < -0.4 is 15.5 Å². The predicted octanol–water partition coefficient (Wildman–Crippen LogP) is 0.503. The van der Waals surface area contributed by atoms with E-state index in [0.717, 1.165) is 17.7 Å². The van der Waals surface area contributed by atoms with Crippen LogP contribution in [0.1, 0.15) is 25.3 Å². The Labute approximate surface area is 146 Å². The van der Waals surface area contributed by atoms with Crippen molar-refractivity contribution in [3.63, 3.8) is 0 Å². The first kappa shape index (κ1) is 17.4. The number of nitrogens with one attached hydrogen (secondary N) is 3. The summed E-state index contributed by atoms with van der Waals surface area (Å²) >= 11 is 0. The molecular formula is C18H23FN3O3+. The van der Waals surface area contributed by atoms with E-state index in [1.165, 1.54) is 6.07 Å². The van der Waals surface area contributed by atoms with Crippen LogP contribution in [0.15, 0.2) is 35.5 Å². The van der Waals surface area contributed by atoms with Gasteiger partial charge in [0, 0.05) is 18.4 Å². The van der Waals surface area contributed by atoms with Crippen molar-refractivity contribution in [3.8, 4) is 0 Å². The van der Waals surface area contributed by atoms with E-state index < -0.39 is 5.97 Å². The van der Waals surface area contributed by atoms with Gasteiger partial charge < -0.3 is 20.3 Å². The molecule has 3 rings (SSSR count). The van der Waals surface area contributed by atoms with Gasteiger partial charge in [0.25, 0.3) is 0 Å². The molecule has 2 aliphatic rings. The molecule has 0 bridgehead atoms. The summed E-state index contributed by atoms with van der Waals surface area (Å²) < 4.78 is 19.1. The van der Waals surface area contributed by atoms with E-state index in [1.807, 2.05) is 6.07 Å². The van der Waals surface area contributed by atoms with Crippen LogP contribution in [0.2, 0.25) is 0 Å². The van der Waals surface area contributed by atoms with Crippen LogP contribution in [-0.2, 0) is 16.1 Å². The molecule has 1 aromatic rings. The van der Waals surface area contributed by atoms with E-state index in [0.29, 0.717) is 36.0 Å². The average molecular weight is 348 g/mol. The molecule has 6 nitrogen and oxygen atoms in total. The summed E-state index contributed by atoms with van der Waals surface area (Å²) in [5.41, 5.74) is 1.65. The Balaban J connectivity index is 1.80. The molecule has 1 heterocycles. The molecule has 0 aromatic heterocycles. The van der Waals surface area contributed by atoms with Crippen LogP contribution >= 0.6 is 0 Å². The van der Waals surface area contributed by atoms with Gasteiger partial charge in [-0.25, -0.2) is 14.0 Å². The number of amides is 2. The van der Waals surface area contributed by atoms with E-state index in [4.69, 9.17) is 4.74 Å². The third-order valence-corrected chi connectivity index (χ3v) is 4.51. The Kier molecular flexibility index (Phi) is 5.33. The Morgan fingerprint density at radius 2 is 2.08 bits per heavy atom. The van der Waals surface area contributed by atoms with Gasteiger partial charge >= 0.3 is 12.0 Å². The Bertz CT molecular complexity index is 701. The maximum atomic E-state index is 14.0. The van der Waals surface area contributed by atoms with Crippen molar-refractivity contribution in [3.05, 3.63) is 46.9 Å². The lowest BCUT2D eigenvalue weighted by molar-refractivity contribution is -0.920. The summed E-state index contributed by atoms with van der Waals surface area (Å²) in [7, 11) is 0. The Morgan fingerprint density at radius 3 is 2.76 bits per heavy atom. The molecular weight excluding hydrogens is 325 g/mol. The second-order valence-corrected chi connectivity index (χ2v) is 6.36. The second kappa shape index (κ2) is 7.65. The summed E-state index contributed by atoms with van der Waals surface area (Å²) in [5, 5.41) is 5.33. The first-order chi connectivity index (χ1) is 12.1. The number of ether oxygens (including phenoxy) is 1. The molecule has 1 fully saturated rings. The SMILES string of the molecule is CCOC(=O)C1=C(C[NH+](Cc2ccccc2F)C2CC2)NC(=O)NC1. The first-order valence-electron chi connectivity index (χ1n) is 8.60. The molecule has 1 aromatic carbocycles. The number of carbonyl (C=O) groups is 2. The topological polar surface area (TPSA) is 71.9 Å². The maximum Gasteiger partial charge on any atom is 0.337 e. The third kappa shape index (κ3) is 4.36. The second-order valence-electron chi connectivity index (χ2n) is 6.36. The van der Waals surface area contributed by atoms with Crippen LogP contribution in [0, 0.1) is 5.82 Å². The molecule has 134 valence electrons. The highest BCUT2D eigenvalue weighted by molar-refractivity contribution is 5.93. The predicted molar refractivity (Wildman–Crippen MR) is 89.1 cm³/mol. The minimum atomic E-state index is -0.425. The van der Waals surface area contributed by atoms with E-state index in [9.17, 15) is 14.0 Å². The molecule has 2 amide bonds. The molecule has 7 heteroatoms. The highest BCUT2D eigenvalue weighted by atomic mass is 19.1. The van der Waals surface area contributed by atoms with Gasteiger partial charge in [-0.2, -0.15) is 0 Å². The van der Waals surface area contributed by atoms with Crippen molar-refractivity contribution in [2.24, 2.45) is 0 Å². The van der Waals surface area contributed by atoms with Gasteiger partial charge in [-0.15, -0.1) is 0 Å². The minimum Gasteiger partial charge on any atom is -0.463 e. The summed E-state index contributed by atoms with van der Waals surface area (Å²) in [4.78, 5) is 25.0. The smallest absolute Gasteiger partial charge is 0.337 e. The van der Waals surface area contributed by atoms with Crippen molar-refractivity contribution in [1.82, 2.24) is 10.6 Å². The van der Waals surface area contributed by atoms with Gasteiger partial charge in [0.05, 0.1) is 30.5 Å². The molecule has 1 unspecified atom stereocenters. The highest BCUT2D eigenvalue weighted by Gasteiger charge is 2.36. The van der Waals surface area contributed by atoms with E-state index in [1.54, 1.807) is 19.1 Å². The fourth-order valence-corrected chi connectivity index (χ4v) is 3.05. The van der Waals surface area contributed by atoms with Crippen LogP contribution in [0.3, 0.4) is 0 Å². The molecule has 25 heavy (non-hydrogen) atoms. The maximum absolute atomic E-state index is 14.0. The highest BCUT2D eigenvalue weighted by Crippen LogP contribution is 2.17. The van der Waals surface area contributed by atoms with Gasteiger partial charge in [0.2, 0.25) is 0 Å². The van der Waals surface area contributed by atoms with Gasteiger partial charge in [-0.05, 0) is 13.0 Å². The molecule has 1 aliphatic carbocycles. The van der Waals surface area contributed by atoms with Gasteiger partial charge in [-0.1, -0.05) is 18.2 Å².